The molecule has 4 aromatic rings. The number of rotatable bonds is 6. The molecular formula is C27H30N6O4. The van der Waals surface area contributed by atoms with Crippen molar-refractivity contribution in [3.05, 3.63) is 76.6 Å². The molecule has 1 aliphatic rings. The van der Waals surface area contributed by atoms with Gasteiger partial charge in [0, 0.05) is 38.7 Å². The summed E-state index contributed by atoms with van der Waals surface area (Å²) in [4.78, 5) is 28.4. The first-order valence-electron chi connectivity index (χ1n) is 12.2. The zero-order valence-corrected chi connectivity index (χ0v) is 21.4. The molecule has 2 aromatic heterocycles. The molecule has 10 heteroatoms. The Morgan fingerprint density at radius 1 is 0.973 bits per heavy atom. The fourth-order valence-electron chi connectivity index (χ4n) is 4.92. The quantitative estimate of drug-likeness (QED) is 0.402. The number of amides is 1. The SMILES string of the molecule is COc1ccc(OC)c(-c2cc(C(=O)N3CCCC(c4nn(C)c(=O)n4-c4ccccc4)C3)n(C)n2)c1. The first kappa shape index (κ1) is 24.4. The van der Waals surface area contributed by atoms with Gasteiger partial charge in [-0.1, -0.05) is 18.2 Å². The molecule has 5 rings (SSSR count). The maximum Gasteiger partial charge on any atom is 0.350 e. The van der Waals surface area contributed by atoms with Crippen LogP contribution in [0.5, 0.6) is 11.5 Å². The second-order valence-corrected chi connectivity index (χ2v) is 9.13. The average molecular weight is 503 g/mol. The number of aromatic nitrogens is 5. The minimum atomic E-state index is -0.201. The number of carbonyl (C=O) groups is 1. The topological polar surface area (TPSA) is 96.4 Å². The van der Waals surface area contributed by atoms with Gasteiger partial charge in [-0.3, -0.25) is 9.48 Å². The number of aryl methyl sites for hydroxylation is 2. The highest BCUT2D eigenvalue weighted by Gasteiger charge is 2.31. The highest BCUT2D eigenvalue weighted by molar-refractivity contribution is 5.94. The van der Waals surface area contributed by atoms with E-state index in [4.69, 9.17) is 9.47 Å². The van der Waals surface area contributed by atoms with Gasteiger partial charge in [0.05, 0.1) is 25.6 Å². The van der Waals surface area contributed by atoms with Crippen LogP contribution in [0.2, 0.25) is 0 Å². The number of hydrogen-bond acceptors (Lipinski definition) is 6. The van der Waals surface area contributed by atoms with Crippen molar-refractivity contribution >= 4 is 5.91 Å². The predicted molar refractivity (Wildman–Crippen MR) is 138 cm³/mol. The standard InChI is InChI=1S/C27H30N6O4/c1-30-23(16-22(28-30)21-15-20(36-3)12-13-24(21)37-4)26(34)32-14-8-9-18(17-32)25-29-31(2)27(35)33(25)19-10-6-5-7-11-19/h5-7,10-13,15-16,18H,8-9,14,17H2,1-4H3. The van der Waals surface area contributed by atoms with Crippen LogP contribution in [-0.2, 0) is 14.1 Å². The summed E-state index contributed by atoms with van der Waals surface area (Å²) in [6, 6.07) is 16.7. The van der Waals surface area contributed by atoms with Gasteiger partial charge in [-0.15, -0.1) is 0 Å². The van der Waals surface area contributed by atoms with Gasteiger partial charge >= 0.3 is 5.69 Å². The molecular weight excluding hydrogens is 472 g/mol. The maximum atomic E-state index is 13.7. The van der Waals surface area contributed by atoms with Crippen molar-refractivity contribution in [2.45, 2.75) is 18.8 Å². The average Bonchev–Trinajstić information content (AvgIpc) is 3.47. The van der Waals surface area contributed by atoms with Crippen LogP contribution in [0.3, 0.4) is 0 Å². The number of nitrogens with zero attached hydrogens (tertiary/aromatic N) is 6. The Morgan fingerprint density at radius 2 is 1.76 bits per heavy atom. The van der Waals surface area contributed by atoms with Gasteiger partial charge in [0.15, 0.2) is 0 Å². The zero-order valence-electron chi connectivity index (χ0n) is 21.4. The van der Waals surface area contributed by atoms with Crippen molar-refractivity contribution in [1.29, 1.82) is 0 Å². The Labute approximate surface area is 214 Å². The van der Waals surface area contributed by atoms with Crippen molar-refractivity contribution in [2.75, 3.05) is 27.3 Å². The third-order valence-electron chi connectivity index (χ3n) is 6.82. The molecule has 0 saturated carbocycles. The minimum Gasteiger partial charge on any atom is -0.497 e. The third kappa shape index (κ3) is 4.50. The summed E-state index contributed by atoms with van der Waals surface area (Å²) in [6.45, 7) is 1.09. The number of piperidine rings is 1. The van der Waals surface area contributed by atoms with E-state index in [1.807, 2.05) is 53.4 Å². The molecule has 37 heavy (non-hydrogen) atoms. The molecule has 192 valence electrons. The molecule has 0 N–H and O–H groups in total. The van der Waals surface area contributed by atoms with Crippen molar-refractivity contribution in [2.24, 2.45) is 14.1 Å². The van der Waals surface area contributed by atoms with Crippen molar-refractivity contribution < 1.29 is 14.3 Å². The maximum absolute atomic E-state index is 13.7. The van der Waals surface area contributed by atoms with Crippen LogP contribution in [0.4, 0.5) is 0 Å². The number of ether oxygens (including phenoxy) is 2. The molecule has 1 aliphatic heterocycles. The van der Waals surface area contributed by atoms with Crippen LogP contribution in [-0.4, -0.2) is 62.2 Å². The highest BCUT2D eigenvalue weighted by atomic mass is 16.5. The summed E-state index contributed by atoms with van der Waals surface area (Å²) in [6.07, 6.45) is 1.65. The lowest BCUT2D eigenvalue weighted by molar-refractivity contribution is 0.0692. The smallest absolute Gasteiger partial charge is 0.350 e. The fourth-order valence-corrected chi connectivity index (χ4v) is 4.92. The molecule has 1 saturated heterocycles. The summed E-state index contributed by atoms with van der Waals surface area (Å²) in [5.41, 5.74) is 2.41. The Morgan fingerprint density at radius 3 is 2.49 bits per heavy atom. The lowest BCUT2D eigenvalue weighted by Crippen LogP contribution is -2.40. The summed E-state index contributed by atoms with van der Waals surface area (Å²) in [5, 5.41) is 9.16. The molecule has 10 nitrogen and oxygen atoms in total. The van der Waals surface area contributed by atoms with Crippen LogP contribution in [0, 0.1) is 0 Å². The molecule has 0 spiro atoms. The van der Waals surface area contributed by atoms with E-state index in [1.54, 1.807) is 43.6 Å². The predicted octanol–water partition coefficient (Wildman–Crippen LogP) is 3.01. The molecule has 1 amide bonds. The van der Waals surface area contributed by atoms with Crippen molar-refractivity contribution in [1.82, 2.24) is 29.0 Å². The van der Waals surface area contributed by atoms with Crippen LogP contribution in [0.1, 0.15) is 35.1 Å². The van der Waals surface area contributed by atoms with Crippen LogP contribution < -0.4 is 15.2 Å². The molecule has 1 fully saturated rings. The number of methoxy groups -OCH3 is 2. The zero-order chi connectivity index (χ0) is 26.1. The molecule has 2 aromatic carbocycles. The summed E-state index contributed by atoms with van der Waals surface area (Å²) >= 11 is 0. The first-order valence-corrected chi connectivity index (χ1v) is 12.2. The van der Waals surface area contributed by atoms with E-state index in [0.29, 0.717) is 41.8 Å². The van der Waals surface area contributed by atoms with Gasteiger partial charge in [-0.2, -0.15) is 10.2 Å². The van der Waals surface area contributed by atoms with Crippen LogP contribution in [0.25, 0.3) is 16.9 Å². The normalized spacial score (nSPS) is 15.6. The Hall–Kier alpha value is -4.34. The first-order chi connectivity index (χ1) is 17.9. The second-order valence-electron chi connectivity index (χ2n) is 9.13. The molecule has 1 atom stereocenters. The van der Waals surface area contributed by atoms with E-state index >= 15 is 0 Å². The number of para-hydroxylation sites is 1. The minimum absolute atomic E-state index is 0.0713. The van der Waals surface area contributed by atoms with E-state index in [9.17, 15) is 9.59 Å². The van der Waals surface area contributed by atoms with Gasteiger partial charge in [-0.25, -0.2) is 14.0 Å². The summed E-state index contributed by atoms with van der Waals surface area (Å²) in [5.74, 6) is 1.80. The van der Waals surface area contributed by atoms with Gasteiger partial charge in [0.1, 0.15) is 23.0 Å². The van der Waals surface area contributed by atoms with Crippen molar-refractivity contribution in [3.8, 4) is 28.4 Å². The van der Waals surface area contributed by atoms with E-state index < -0.39 is 0 Å². The molecule has 0 radical (unpaired) electrons. The Kier molecular flexibility index (Phi) is 6.56. The lowest BCUT2D eigenvalue weighted by Gasteiger charge is -2.32. The van der Waals surface area contributed by atoms with Gasteiger partial charge in [0.25, 0.3) is 5.91 Å². The summed E-state index contributed by atoms with van der Waals surface area (Å²) in [7, 11) is 6.61. The molecule has 1 unspecified atom stereocenters. The third-order valence-corrected chi connectivity index (χ3v) is 6.82. The largest absolute Gasteiger partial charge is 0.497 e. The summed E-state index contributed by atoms with van der Waals surface area (Å²) < 4.78 is 15.5. The molecule has 0 bridgehead atoms. The van der Waals surface area contributed by atoms with E-state index in [-0.39, 0.29) is 17.5 Å². The van der Waals surface area contributed by atoms with Crippen LogP contribution >= 0.6 is 0 Å². The number of likely N-dealkylation sites (tertiary alicyclic amines) is 1. The number of hydrogen-bond donors (Lipinski definition) is 0. The number of carbonyl (C=O) groups excluding carboxylic acids is 1. The Bertz CT molecular complexity index is 1490. The van der Waals surface area contributed by atoms with Gasteiger partial charge in [0.2, 0.25) is 0 Å². The molecule has 3 heterocycles. The monoisotopic (exact) mass is 502 g/mol. The van der Waals surface area contributed by atoms with Gasteiger partial charge in [-0.05, 0) is 49.2 Å². The number of benzene rings is 2. The molecule has 0 aliphatic carbocycles. The fraction of sp³-hybridized carbons (Fsp3) is 0.333. The van der Waals surface area contributed by atoms with E-state index in [2.05, 4.69) is 10.2 Å². The highest BCUT2D eigenvalue weighted by Crippen LogP contribution is 2.34. The lowest BCUT2D eigenvalue weighted by atomic mass is 9.96. The van der Waals surface area contributed by atoms with Crippen LogP contribution in [0.15, 0.2) is 59.4 Å². The van der Waals surface area contributed by atoms with Gasteiger partial charge < -0.3 is 14.4 Å². The Balaban J connectivity index is 1.44. The van der Waals surface area contributed by atoms with Crippen molar-refractivity contribution in [3.63, 3.8) is 0 Å². The second kappa shape index (κ2) is 9.96. The van der Waals surface area contributed by atoms with E-state index in [1.165, 1.54) is 4.68 Å². The van der Waals surface area contributed by atoms with E-state index in [0.717, 1.165) is 24.1 Å².